The summed E-state index contributed by atoms with van der Waals surface area (Å²) in [5, 5.41) is 14.2. The molecule has 1 unspecified atom stereocenters. The molecule has 19 heavy (non-hydrogen) atoms. The van der Waals surface area contributed by atoms with Crippen molar-refractivity contribution in [1.82, 2.24) is 20.2 Å². The summed E-state index contributed by atoms with van der Waals surface area (Å²) in [6.07, 6.45) is 0.818. The molecule has 6 heteroatoms. The number of aromatic nitrogens is 4. The van der Waals surface area contributed by atoms with E-state index in [4.69, 9.17) is 0 Å². The summed E-state index contributed by atoms with van der Waals surface area (Å²) in [4.78, 5) is 11.9. The second kappa shape index (κ2) is 5.60. The highest BCUT2D eigenvalue weighted by atomic mass is 16.1. The van der Waals surface area contributed by atoms with E-state index in [1.807, 2.05) is 38.1 Å². The zero-order valence-electron chi connectivity index (χ0n) is 11.3. The first kappa shape index (κ1) is 13.2. The third-order valence-corrected chi connectivity index (χ3v) is 3.07. The Kier molecular flexibility index (Phi) is 3.89. The van der Waals surface area contributed by atoms with Gasteiger partial charge in [0.05, 0.1) is 0 Å². The molecule has 6 nitrogen and oxygen atoms in total. The minimum atomic E-state index is 0.000140. The maximum atomic E-state index is 11.9. The third-order valence-electron chi connectivity index (χ3n) is 3.07. The van der Waals surface area contributed by atoms with Crippen LogP contribution in [0.3, 0.4) is 0 Å². The van der Waals surface area contributed by atoms with E-state index in [-0.39, 0.29) is 11.8 Å². The summed E-state index contributed by atoms with van der Waals surface area (Å²) < 4.78 is 1.59. The van der Waals surface area contributed by atoms with Crippen LogP contribution in [0.15, 0.2) is 24.3 Å². The largest absolute Gasteiger partial charge is 0.326 e. The van der Waals surface area contributed by atoms with Gasteiger partial charge in [-0.25, -0.2) is 4.68 Å². The minimum Gasteiger partial charge on any atom is -0.326 e. The number of aryl methyl sites for hydroxylation is 1. The van der Waals surface area contributed by atoms with E-state index < -0.39 is 0 Å². The fraction of sp³-hybridized carbons (Fsp3) is 0.385. The Labute approximate surface area is 111 Å². The van der Waals surface area contributed by atoms with Gasteiger partial charge in [-0.2, -0.15) is 0 Å². The van der Waals surface area contributed by atoms with Gasteiger partial charge in [-0.05, 0) is 29.0 Å². The highest BCUT2D eigenvalue weighted by Crippen LogP contribution is 2.20. The fourth-order valence-electron chi connectivity index (χ4n) is 1.66. The van der Waals surface area contributed by atoms with Crippen LogP contribution in [0.2, 0.25) is 0 Å². The van der Waals surface area contributed by atoms with Crippen LogP contribution in [0.1, 0.15) is 20.3 Å². The molecule has 2 rings (SSSR count). The van der Waals surface area contributed by atoms with Crippen molar-refractivity contribution in [3.05, 3.63) is 24.3 Å². The second-order valence-electron chi connectivity index (χ2n) is 4.51. The molecule has 2 aromatic rings. The van der Waals surface area contributed by atoms with Crippen molar-refractivity contribution in [1.29, 1.82) is 0 Å². The predicted molar refractivity (Wildman–Crippen MR) is 72.3 cm³/mol. The van der Waals surface area contributed by atoms with E-state index in [9.17, 15) is 4.79 Å². The third kappa shape index (κ3) is 2.96. The molecule has 0 aliphatic carbocycles. The summed E-state index contributed by atoms with van der Waals surface area (Å²) in [7, 11) is 1.78. The molecule has 0 fully saturated rings. The van der Waals surface area contributed by atoms with Crippen LogP contribution < -0.4 is 5.32 Å². The van der Waals surface area contributed by atoms with Gasteiger partial charge in [-0.15, -0.1) is 5.10 Å². The Balaban J connectivity index is 2.21. The summed E-state index contributed by atoms with van der Waals surface area (Å²) in [6.45, 7) is 3.90. The van der Waals surface area contributed by atoms with E-state index in [0.717, 1.165) is 17.7 Å². The van der Waals surface area contributed by atoms with Crippen molar-refractivity contribution in [2.75, 3.05) is 5.32 Å². The quantitative estimate of drug-likeness (QED) is 0.909. The van der Waals surface area contributed by atoms with Gasteiger partial charge >= 0.3 is 0 Å². The molecule has 0 saturated heterocycles. The molecule has 1 amide bonds. The summed E-state index contributed by atoms with van der Waals surface area (Å²) >= 11 is 0. The summed E-state index contributed by atoms with van der Waals surface area (Å²) in [6, 6.07) is 7.50. The molecule has 0 bridgehead atoms. The lowest BCUT2D eigenvalue weighted by atomic mass is 10.1. The first-order chi connectivity index (χ1) is 9.11. The number of carbonyl (C=O) groups is 1. The Bertz CT molecular complexity index is 578. The van der Waals surface area contributed by atoms with Crippen LogP contribution in [0, 0.1) is 5.92 Å². The standard InChI is InChI=1S/C13H17N5O/c1-4-9(2)13(19)14-11-7-5-6-10(8-11)12-15-16-17-18(12)3/h5-9H,4H2,1-3H3,(H,14,19). The molecule has 1 aromatic heterocycles. The van der Waals surface area contributed by atoms with Crippen molar-refractivity contribution >= 4 is 11.6 Å². The zero-order chi connectivity index (χ0) is 13.8. The normalized spacial score (nSPS) is 12.2. The van der Waals surface area contributed by atoms with Gasteiger partial charge < -0.3 is 5.32 Å². The van der Waals surface area contributed by atoms with Crippen molar-refractivity contribution in [2.45, 2.75) is 20.3 Å². The first-order valence-electron chi connectivity index (χ1n) is 6.25. The van der Waals surface area contributed by atoms with Gasteiger partial charge in [0.25, 0.3) is 0 Å². The van der Waals surface area contributed by atoms with Gasteiger partial charge in [0.15, 0.2) is 5.82 Å². The summed E-state index contributed by atoms with van der Waals surface area (Å²) in [5.74, 6) is 0.690. The number of nitrogens with one attached hydrogen (secondary N) is 1. The number of hydrogen-bond donors (Lipinski definition) is 1. The van der Waals surface area contributed by atoms with Gasteiger partial charge in [0.2, 0.25) is 5.91 Å². The molecule has 0 radical (unpaired) electrons. The van der Waals surface area contributed by atoms with Crippen molar-refractivity contribution in [3.8, 4) is 11.4 Å². The Hall–Kier alpha value is -2.24. The van der Waals surface area contributed by atoms with Crippen LogP contribution >= 0.6 is 0 Å². The smallest absolute Gasteiger partial charge is 0.227 e. The Morgan fingerprint density at radius 1 is 1.47 bits per heavy atom. The lowest BCUT2D eigenvalue weighted by molar-refractivity contribution is -0.119. The number of benzene rings is 1. The van der Waals surface area contributed by atoms with Crippen molar-refractivity contribution < 1.29 is 4.79 Å². The number of anilines is 1. The van der Waals surface area contributed by atoms with Crippen LogP contribution in [0.25, 0.3) is 11.4 Å². The number of rotatable bonds is 4. The van der Waals surface area contributed by atoms with E-state index in [1.54, 1.807) is 11.7 Å². The fourth-order valence-corrected chi connectivity index (χ4v) is 1.66. The van der Waals surface area contributed by atoms with Gasteiger partial charge in [0.1, 0.15) is 0 Å². The van der Waals surface area contributed by atoms with Crippen LogP contribution in [0.4, 0.5) is 5.69 Å². The number of hydrogen-bond acceptors (Lipinski definition) is 4. The molecule has 1 N–H and O–H groups in total. The van der Waals surface area contributed by atoms with Crippen LogP contribution in [-0.2, 0) is 11.8 Å². The summed E-state index contributed by atoms with van der Waals surface area (Å²) in [5.41, 5.74) is 1.63. The number of amides is 1. The maximum absolute atomic E-state index is 11.9. The molecule has 0 saturated carbocycles. The topological polar surface area (TPSA) is 72.7 Å². The second-order valence-corrected chi connectivity index (χ2v) is 4.51. The molecule has 100 valence electrons. The number of carbonyl (C=O) groups excluding carboxylic acids is 1. The van der Waals surface area contributed by atoms with Crippen molar-refractivity contribution in [2.24, 2.45) is 13.0 Å². The Morgan fingerprint density at radius 2 is 2.26 bits per heavy atom. The number of nitrogens with zero attached hydrogens (tertiary/aromatic N) is 4. The molecule has 1 aromatic carbocycles. The average molecular weight is 259 g/mol. The van der Waals surface area contributed by atoms with E-state index in [2.05, 4.69) is 20.8 Å². The molecule has 0 spiro atoms. The van der Waals surface area contributed by atoms with E-state index in [0.29, 0.717) is 5.82 Å². The monoisotopic (exact) mass is 259 g/mol. The highest BCUT2D eigenvalue weighted by Gasteiger charge is 2.11. The predicted octanol–water partition coefficient (Wildman–Crippen LogP) is 1.86. The molecular weight excluding hydrogens is 242 g/mol. The lowest BCUT2D eigenvalue weighted by Crippen LogP contribution is -2.19. The molecule has 1 heterocycles. The van der Waals surface area contributed by atoms with E-state index in [1.165, 1.54) is 0 Å². The number of tetrazole rings is 1. The zero-order valence-corrected chi connectivity index (χ0v) is 11.3. The SMILES string of the molecule is CCC(C)C(=O)Nc1cccc(-c2nnnn2C)c1. The average Bonchev–Trinajstić information content (AvgIpc) is 2.84. The van der Waals surface area contributed by atoms with Crippen LogP contribution in [0.5, 0.6) is 0 Å². The van der Waals surface area contributed by atoms with Crippen LogP contribution in [-0.4, -0.2) is 26.1 Å². The maximum Gasteiger partial charge on any atom is 0.227 e. The first-order valence-corrected chi connectivity index (χ1v) is 6.25. The molecular formula is C13H17N5O. The molecule has 1 atom stereocenters. The van der Waals surface area contributed by atoms with E-state index >= 15 is 0 Å². The highest BCUT2D eigenvalue weighted by molar-refractivity contribution is 5.92. The molecule has 0 aliphatic heterocycles. The Morgan fingerprint density at radius 3 is 2.89 bits per heavy atom. The minimum absolute atomic E-state index is 0.000140. The van der Waals surface area contributed by atoms with Gasteiger partial charge in [-0.1, -0.05) is 26.0 Å². The lowest BCUT2D eigenvalue weighted by Gasteiger charge is -2.10. The van der Waals surface area contributed by atoms with Gasteiger partial charge in [-0.3, -0.25) is 4.79 Å². The van der Waals surface area contributed by atoms with Crippen molar-refractivity contribution in [3.63, 3.8) is 0 Å². The van der Waals surface area contributed by atoms with Gasteiger partial charge in [0, 0.05) is 24.2 Å². The molecule has 0 aliphatic rings.